The molecule has 3 unspecified atom stereocenters. The van der Waals surface area contributed by atoms with Gasteiger partial charge in [-0.05, 0) is 43.4 Å². The highest BCUT2D eigenvalue weighted by atomic mass is 35.5. The van der Waals surface area contributed by atoms with E-state index in [9.17, 15) is 0 Å². The van der Waals surface area contributed by atoms with Crippen LogP contribution in [0.25, 0.3) is 10.2 Å². The highest BCUT2D eigenvalue weighted by Gasteiger charge is 2.40. The minimum absolute atomic E-state index is 0.464. The van der Waals surface area contributed by atoms with Crippen molar-refractivity contribution in [2.75, 3.05) is 6.54 Å². The second-order valence-corrected chi connectivity index (χ2v) is 6.82. The Morgan fingerprint density at radius 1 is 1.33 bits per heavy atom. The zero-order valence-electron chi connectivity index (χ0n) is 10.0. The number of hydrogen-bond donors (Lipinski definition) is 1. The molecule has 1 aromatic heterocycles. The number of aromatic nitrogens is 1. The van der Waals surface area contributed by atoms with Crippen molar-refractivity contribution in [3.63, 3.8) is 0 Å². The Balaban J connectivity index is 1.76. The maximum absolute atomic E-state index is 6.24. The first-order chi connectivity index (χ1) is 8.83. The fraction of sp³-hybridized carbons (Fsp3) is 0.500. The van der Waals surface area contributed by atoms with Crippen LogP contribution in [0.5, 0.6) is 0 Å². The SMILES string of the molecule is Clc1cccc2nc(C3NCC4CCCC43)sc12. The third-order valence-corrected chi connectivity index (χ3v) is 6.01. The molecule has 0 amide bonds. The van der Waals surface area contributed by atoms with Gasteiger partial charge in [-0.15, -0.1) is 11.3 Å². The van der Waals surface area contributed by atoms with Crippen LogP contribution in [0.2, 0.25) is 5.02 Å². The summed E-state index contributed by atoms with van der Waals surface area (Å²) in [5.74, 6) is 1.67. The Labute approximate surface area is 115 Å². The lowest BCUT2D eigenvalue weighted by atomic mass is 9.94. The molecule has 0 radical (unpaired) electrons. The van der Waals surface area contributed by atoms with Crippen LogP contribution in [0.15, 0.2) is 18.2 Å². The van der Waals surface area contributed by atoms with Crippen LogP contribution < -0.4 is 5.32 Å². The summed E-state index contributed by atoms with van der Waals surface area (Å²) in [4.78, 5) is 4.79. The topological polar surface area (TPSA) is 24.9 Å². The van der Waals surface area contributed by atoms with Crippen molar-refractivity contribution in [3.8, 4) is 0 Å². The second-order valence-electron chi connectivity index (χ2n) is 5.38. The van der Waals surface area contributed by atoms with Crippen molar-refractivity contribution in [3.05, 3.63) is 28.2 Å². The largest absolute Gasteiger partial charge is 0.307 e. The van der Waals surface area contributed by atoms with E-state index in [0.717, 1.165) is 27.1 Å². The lowest BCUT2D eigenvalue weighted by Gasteiger charge is -2.14. The molecule has 2 heterocycles. The van der Waals surface area contributed by atoms with E-state index in [-0.39, 0.29) is 0 Å². The molecule has 4 rings (SSSR count). The summed E-state index contributed by atoms with van der Waals surface area (Å²) in [7, 11) is 0. The van der Waals surface area contributed by atoms with E-state index < -0.39 is 0 Å². The Hall–Kier alpha value is -0.640. The van der Waals surface area contributed by atoms with E-state index in [4.69, 9.17) is 16.6 Å². The molecule has 1 saturated carbocycles. The Morgan fingerprint density at radius 3 is 3.17 bits per heavy atom. The van der Waals surface area contributed by atoms with Crippen LogP contribution in [0.3, 0.4) is 0 Å². The highest BCUT2D eigenvalue weighted by Crippen LogP contribution is 2.46. The first kappa shape index (κ1) is 11.2. The van der Waals surface area contributed by atoms with Gasteiger partial charge in [-0.2, -0.15) is 0 Å². The summed E-state index contributed by atoms with van der Waals surface area (Å²) in [6, 6.07) is 6.45. The first-order valence-corrected chi connectivity index (χ1v) is 7.81. The molecule has 1 aliphatic heterocycles. The molecule has 2 aliphatic rings. The maximum atomic E-state index is 6.24. The highest BCUT2D eigenvalue weighted by molar-refractivity contribution is 7.19. The summed E-state index contributed by atoms with van der Waals surface area (Å²) in [5.41, 5.74) is 1.05. The number of hydrogen-bond acceptors (Lipinski definition) is 3. The number of benzene rings is 1. The number of halogens is 1. The smallest absolute Gasteiger partial charge is 0.111 e. The van der Waals surface area contributed by atoms with Crippen molar-refractivity contribution in [2.24, 2.45) is 11.8 Å². The molecule has 0 bridgehead atoms. The van der Waals surface area contributed by atoms with E-state index >= 15 is 0 Å². The minimum Gasteiger partial charge on any atom is -0.307 e. The molecule has 3 atom stereocenters. The third-order valence-electron chi connectivity index (χ3n) is 4.40. The van der Waals surface area contributed by atoms with Crippen LogP contribution in [0.1, 0.15) is 30.3 Å². The molecule has 94 valence electrons. The molecule has 2 fully saturated rings. The van der Waals surface area contributed by atoms with E-state index in [1.807, 2.05) is 12.1 Å². The molecular formula is C14H15ClN2S. The van der Waals surface area contributed by atoms with Crippen LogP contribution >= 0.6 is 22.9 Å². The van der Waals surface area contributed by atoms with E-state index in [0.29, 0.717) is 6.04 Å². The Kier molecular flexibility index (Phi) is 2.61. The van der Waals surface area contributed by atoms with Gasteiger partial charge in [0.15, 0.2) is 0 Å². The van der Waals surface area contributed by atoms with Gasteiger partial charge in [0.2, 0.25) is 0 Å². The molecule has 0 spiro atoms. The molecule has 4 heteroatoms. The quantitative estimate of drug-likeness (QED) is 0.852. The number of nitrogens with zero attached hydrogens (tertiary/aromatic N) is 1. The lowest BCUT2D eigenvalue weighted by molar-refractivity contribution is 0.421. The first-order valence-electron chi connectivity index (χ1n) is 6.61. The lowest BCUT2D eigenvalue weighted by Crippen LogP contribution is -2.17. The zero-order valence-corrected chi connectivity index (χ0v) is 11.6. The molecule has 1 aliphatic carbocycles. The van der Waals surface area contributed by atoms with Crippen LogP contribution in [0, 0.1) is 11.8 Å². The summed E-state index contributed by atoms with van der Waals surface area (Å²) < 4.78 is 1.14. The van der Waals surface area contributed by atoms with Gasteiger partial charge in [-0.1, -0.05) is 24.1 Å². The number of fused-ring (bicyclic) bond motifs is 2. The van der Waals surface area contributed by atoms with Crippen molar-refractivity contribution in [2.45, 2.75) is 25.3 Å². The number of rotatable bonds is 1. The maximum Gasteiger partial charge on any atom is 0.111 e. The molecule has 18 heavy (non-hydrogen) atoms. The van der Waals surface area contributed by atoms with Gasteiger partial charge in [-0.25, -0.2) is 4.98 Å². The summed E-state index contributed by atoms with van der Waals surface area (Å²) in [6.45, 7) is 1.17. The summed E-state index contributed by atoms with van der Waals surface area (Å²) in [6.07, 6.45) is 4.13. The second kappa shape index (κ2) is 4.19. The zero-order chi connectivity index (χ0) is 12.1. The summed E-state index contributed by atoms with van der Waals surface area (Å²) in [5, 5.41) is 5.72. The molecule has 1 saturated heterocycles. The van der Waals surface area contributed by atoms with Crippen LogP contribution in [-0.4, -0.2) is 11.5 Å². The van der Waals surface area contributed by atoms with Gasteiger partial charge < -0.3 is 5.32 Å². The number of thiazole rings is 1. The standard InChI is InChI=1S/C14H15ClN2S/c15-10-5-2-6-11-13(10)18-14(17-11)12-9-4-1-3-8(9)7-16-12/h2,5-6,8-9,12,16H,1,3-4,7H2. The Morgan fingerprint density at radius 2 is 2.28 bits per heavy atom. The van der Waals surface area contributed by atoms with Gasteiger partial charge in [-0.3, -0.25) is 0 Å². The Bertz CT molecular complexity index is 594. The molecule has 2 aromatic rings. The van der Waals surface area contributed by atoms with Crippen molar-refractivity contribution >= 4 is 33.2 Å². The van der Waals surface area contributed by atoms with Gasteiger partial charge in [0, 0.05) is 0 Å². The van der Waals surface area contributed by atoms with E-state index in [1.165, 1.54) is 30.8 Å². The molecule has 2 nitrogen and oxygen atoms in total. The third kappa shape index (κ3) is 1.61. The van der Waals surface area contributed by atoms with Gasteiger partial charge >= 0.3 is 0 Å². The van der Waals surface area contributed by atoms with Crippen molar-refractivity contribution < 1.29 is 0 Å². The van der Waals surface area contributed by atoms with E-state index in [2.05, 4.69) is 11.4 Å². The monoisotopic (exact) mass is 278 g/mol. The predicted octanol–water partition coefficient (Wildman–Crippen LogP) is 4.01. The average Bonchev–Trinajstić information content (AvgIpc) is 3.02. The summed E-state index contributed by atoms with van der Waals surface area (Å²) >= 11 is 8.00. The predicted molar refractivity (Wildman–Crippen MR) is 76.2 cm³/mol. The van der Waals surface area contributed by atoms with Gasteiger partial charge in [0.1, 0.15) is 5.01 Å². The average molecular weight is 279 g/mol. The van der Waals surface area contributed by atoms with Crippen LogP contribution in [0.4, 0.5) is 0 Å². The normalized spacial score (nSPS) is 31.1. The number of nitrogens with one attached hydrogen (secondary N) is 1. The van der Waals surface area contributed by atoms with Crippen LogP contribution in [-0.2, 0) is 0 Å². The molecular weight excluding hydrogens is 264 g/mol. The molecule has 1 aromatic carbocycles. The van der Waals surface area contributed by atoms with Gasteiger partial charge in [0.05, 0.1) is 21.3 Å². The van der Waals surface area contributed by atoms with E-state index in [1.54, 1.807) is 11.3 Å². The minimum atomic E-state index is 0.464. The van der Waals surface area contributed by atoms with Crippen molar-refractivity contribution in [1.82, 2.24) is 10.3 Å². The fourth-order valence-electron chi connectivity index (χ4n) is 3.52. The molecule has 1 N–H and O–H groups in total. The van der Waals surface area contributed by atoms with Crippen molar-refractivity contribution in [1.29, 1.82) is 0 Å². The fourth-order valence-corrected chi connectivity index (χ4v) is 4.93. The van der Waals surface area contributed by atoms with Gasteiger partial charge in [0.25, 0.3) is 0 Å².